The van der Waals surface area contributed by atoms with E-state index >= 15 is 0 Å². The minimum atomic E-state index is -4.10. The zero-order valence-electron chi connectivity index (χ0n) is 19.7. The normalized spacial score (nSPS) is 11.2. The van der Waals surface area contributed by atoms with Crippen LogP contribution in [0, 0.1) is 20.8 Å². The van der Waals surface area contributed by atoms with E-state index in [-0.39, 0.29) is 17.2 Å². The molecule has 0 saturated heterocycles. The summed E-state index contributed by atoms with van der Waals surface area (Å²) in [5.74, 6) is -0.194. The number of methoxy groups -OCH3 is 1. The van der Waals surface area contributed by atoms with Gasteiger partial charge in [-0.25, -0.2) is 8.42 Å². The summed E-state index contributed by atoms with van der Waals surface area (Å²) >= 11 is 0. The molecule has 3 aromatic rings. The molecule has 7 heteroatoms. The van der Waals surface area contributed by atoms with E-state index in [0.29, 0.717) is 5.69 Å². The Morgan fingerprint density at radius 1 is 0.970 bits per heavy atom. The number of carbonyl (C=O) groups excluding carboxylic acids is 1. The van der Waals surface area contributed by atoms with Crippen LogP contribution in [0.2, 0.25) is 0 Å². The molecule has 33 heavy (non-hydrogen) atoms. The Morgan fingerprint density at radius 3 is 2.27 bits per heavy atom. The Morgan fingerprint density at radius 2 is 1.64 bits per heavy atom. The van der Waals surface area contributed by atoms with E-state index in [9.17, 15) is 13.2 Å². The third-order valence-corrected chi connectivity index (χ3v) is 7.30. The van der Waals surface area contributed by atoms with E-state index in [4.69, 9.17) is 4.74 Å². The number of aryl methyl sites for hydroxylation is 4. The minimum Gasteiger partial charge on any atom is -0.495 e. The smallest absolute Gasteiger partial charge is 0.268 e. The summed E-state index contributed by atoms with van der Waals surface area (Å²) in [6, 6.07) is 17.8. The van der Waals surface area contributed by atoms with E-state index in [2.05, 4.69) is 5.32 Å². The van der Waals surface area contributed by atoms with E-state index in [1.54, 1.807) is 30.3 Å². The Balaban J connectivity index is 2.04. The molecule has 0 aromatic heterocycles. The fourth-order valence-corrected chi connectivity index (χ4v) is 5.31. The molecule has 0 aliphatic rings. The van der Waals surface area contributed by atoms with Crippen molar-refractivity contribution in [3.8, 4) is 5.75 Å². The second-order valence-electron chi connectivity index (χ2n) is 8.01. The number of ether oxygens (including phenoxy) is 1. The molecule has 0 bridgehead atoms. The minimum absolute atomic E-state index is 0.0171. The molecule has 3 rings (SSSR count). The summed E-state index contributed by atoms with van der Waals surface area (Å²) < 4.78 is 34.0. The van der Waals surface area contributed by atoms with Crippen molar-refractivity contribution in [1.82, 2.24) is 0 Å². The molecule has 1 N–H and O–H groups in total. The van der Waals surface area contributed by atoms with Gasteiger partial charge in [0.2, 0.25) is 5.91 Å². The number of nitrogens with one attached hydrogen (secondary N) is 1. The highest BCUT2D eigenvalue weighted by Gasteiger charge is 2.30. The summed E-state index contributed by atoms with van der Waals surface area (Å²) in [6.07, 6.45) is 0.748. The van der Waals surface area contributed by atoms with Gasteiger partial charge in [-0.05, 0) is 68.1 Å². The van der Waals surface area contributed by atoms with Gasteiger partial charge in [0, 0.05) is 5.69 Å². The van der Waals surface area contributed by atoms with Gasteiger partial charge in [-0.15, -0.1) is 0 Å². The Hall–Kier alpha value is -3.32. The molecule has 0 saturated carbocycles. The highest BCUT2D eigenvalue weighted by molar-refractivity contribution is 7.93. The number of anilines is 2. The highest BCUT2D eigenvalue weighted by atomic mass is 32.2. The van der Waals surface area contributed by atoms with Crippen LogP contribution in [0.1, 0.15) is 29.2 Å². The number of hydrogen-bond acceptors (Lipinski definition) is 4. The average molecular weight is 467 g/mol. The molecule has 0 fully saturated rings. The van der Waals surface area contributed by atoms with Crippen LogP contribution in [0.3, 0.4) is 0 Å². The number of carbonyl (C=O) groups is 1. The molecule has 3 aromatic carbocycles. The maximum Gasteiger partial charge on any atom is 0.268 e. The molecular weight excluding hydrogens is 436 g/mol. The molecular formula is C26H30N2O4S. The molecule has 0 radical (unpaired) electrons. The number of para-hydroxylation sites is 1. The molecule has 0 aliphatic carbocycles. The molecule has 6 nitrogen and oxygen atoms in total. The van der Waals surface area contributed by atoms with Crippen LogP contribution >= 0.6 is 0 Å². The second kappa shape index (κ2) is 10.1. The van der Waals surface area contributed by atoms with Crippen LogP contribution in [0.4, 0.5) is 11.4 Å². The molecule has 174 valence electrons. The van der Waals surface area contributed by atoms with Crippen LogP contribution in [0.5, 0.6) is 5.75 Å². The highest BCUT2D eigenvalue weighted by Crippen LogP contribution is 2.31. The summed E-state index contributed by atoms with van der Waals surface area (Å²) in [4.78, 5) is 13.2. The van der Waals surface area contributed by atoms with Gasteiger partial charge in [0.05, 0.1) is 12.8 Å². The first-order chi connectivity index (χ1) is 15.7. The lowest BCUT2D eigenvalue weighted by atomic mass is 10.1. The third-order valence-electron chi connectivity index (χ3n) is 5.50. The van der Waals surface area contributed by atoms with Gasteiger partial charge >= 0.3 is 0 Å². The van der Waals surface area contributed by atoms with Crippen molar-refractivity contribution in [1.29, 1.82) is 0 Å². The summed E-state index contributed by atoms with van der Waals surface area (Å²) in [7, 11) is -2.67. The van der Waals surface area contributed by atoms with E-state index in [1.807, 2.05) is 58.0 Å². The van der Waals surface area contributed by atoms with Crippen molar-refractivity contribution in [3.05, 3.63) is 82.9 Å². The van der Waals surface area contributed by atoms with Gasteiger partial charge in [-0.1, -0.05) is 48.9 Å². The van der Waals surface area contributed by atoms with Crippen LogP contribution < -0.4 is 14.4 Å². The average Bonchev–Trinajstić information content (AvgIpc) is 2.79. The zero-order chi connectivity index (χ0) is 24.2. The Bertz CT molecular complexity index is 1250. The first-order valence-electron chi connectivity index (χ1n) is 10.8. The number of benzene rings is 3. The van der Waals surface area contributed by atoms with Gasteiger partial charge in [0.1, 0.15) is 17.2 Å². The maximum absolute atomic E-state index is 13.8. The first-order valence-corrected chi connectivity index (χ1v) is 12.2. The second-order valence-corrected chi connectivity index (χ2v) is 9.84. The monoisotopic (exact) mass is 466 g/mol. The van der Waals surface area contributed by atoms with Crippen molar-refractivity contribution < 1.29 is 17.9 Å². The number of sulfonamides is 1. The lowest BCUT2D eigenvalue weighted by Gasteiger charge is -2.25. The van der Waals surface area contributed by atoms with E-state index in [0.717, 1.165) is 38.7 Å². The fraction of sp³-hybridized carbons (Fsp3) is 0.269. The standard InChI is InChI=1S/C26H30N2O4S/c1-6-21-9-7-8-20(4)26(21)27-25(29)17-28(22-13-10-18(2)11-14-22)33(30,31)24-16-19(3)12-15-23(24)32-5/h7-16H,6,17H2,1-5H3,(H,27,29). The molecule has 0 aliphatic heterocycles. The van der Waals surface area contributed by atoms with Crippen molar-refractivity contribution >= 4 is 27.3 Å². The molecule has 0 atom stereocenters. The van der Waals surface area contributed by atoms with Gasteiger partial charge in [-0.3, -0.25) is 9.10 Å². The SMILES string of the molecule is CCc1cccc(C)c1NC(=O)CN(c1ccc(C)cc1)S(=O)(=O)c1cc(C)ccc1OC. The van der Waals surface area contributed by atoms with E-state index in [1.165, 1.54) is 7.11 Å². The van der Waals surface area contributed by atoms with Crippen LogP contribution in [-0.4, -0.2) is 28.0 Å². The number of rotatable bonds is 8. The predicted octanol–water partition coefficient (Wildman–Crippen LogP) is 5.02. The molecule has 0 heterocycles. The maximum atomic E-state index is 13.8. The van der Waals surface area contributed by atoms with Gasteiger partial charge in [0.25, 0.3) is 10.0 Å². The summed E-state index contributed by atoms with van der Waals surface area (Å²) in [6.45, 7) is 7.29. The quantitative estimate of drug-likeness (QED) is 0.506. The Kier molecular flexibility index (Phi) is 7.43. The molecule has 0 spiro atoms. The van der Waals surface area contributed by atoms with Gasteiger partial charge in [-0.2, -0.15) is 0 Å². The van der Waals surface area contributed by atoms with Crippen LogP contribution in [0.15, 0.2) is 65.6 Å². The fourth-order valence-electron chi connectivity index (χ4n) is 3.64. The first kappa shape index (κ1) is 24.3. The van der Waals surface area contributed by atoms with Crippen LogP contribution in [0.25, 0.3) is 0 Å². The predicted molar refractivity (Wildman–Crippen MR) is 133 cm³/mol. The number of hydrogen-bond donors (Lipinski definition) is 1. The van der Waals surface area contributed by atoms with Gasteiger partial charge < -0.3 is 10.1 Å². The summed E-state index contributed by atoms with van der Waals surface area (Å²) in [5.41, 5.74) is 4.80. The van der Waals surface area contributed by atoms with Crippen molar-refractivity contribution in [3.63, 3.8) is 0 Å². The number of nitrogens with zero attached hydrogens (tertiary/aromatic N) is 1. The largest absolute Gasteiger partial charge is 0.495 e. The van der Waals surface area contributed by atoms with Crippen molar-refractivity contribution in [2.75, 3.05) is 23.3 Å². The van der Waals surface area contributed by atoms with Crippen molar-refractivity contribution in [2.24, 2.45) is 0 Å². The lowest BCUT2D eigenvalue weighted by Crippen LogP contribution is -2.38. The van der Waals surface area contributed by atoms with Crippen molar-refractivity contribution in [2.45, 2.75) is 39.0 Å². The van der Waals surface area contributed by atoms with Gasteiger partial charge in [0.15, 0.2) is 0 Å². The summed E-state index contributed by atoms with van der Waals surface area (Å²) in [5, 5.41) is 2.93. The van der Waals surface area contributed by atoms with Crippen LogP contribution in [-0.2, 0) is 21.2 Å². The lowest BCUT2D eigenvalue weighted by molar-refractivity contribution is -0.114. The number of amides is 1. The zero-order valence-corrected chi connectivity index (χ0v) is 20.5. The molecule has 1 amide bonds. The topological polar surface area (TPSA) is 75.7 Å². The molecule has 0 unspecified atom stereocenters. The van der Waals surface area contributed by atoms with E-state index < -0.39 is 15.9 Å². The Labute approximate surface area is 196 Å². The third kappa shape index (κ3) is 5.37.